The van der Waals surface area contributed by atoms with E-state index in [2.05, 4.69) is 27.0 Å². The smallest absolute Gasteiger partial charge is 0.197 e. The molecule has 0 saturated heterocycles. The Morgan fingerprint density at radius 2 is 1.90 bits per heavy atom. The molecule has 2 aromatic heterocycles. The fourth-order valence-corrected chi connectivity index (χ4v) is 3.51. The number of nitrogens with one attached hydrogen (secondary N) is 1. The van der Waals surface area contributed by atoms with E-state index < -0.39 is 0 Å². The van der Waals surface area contributed by atoms with E-state index in [9.17, 15) is 0 Å². The number of imidazole rings is 1. The van der Waals surface area contributed by atoms with Crippen LogP contribution < -0.4 is 10.1 Å². The van der Waals surface area contributed by atoms with Gasteiger partial charge in [0, 0.05) is 16.9 Å². The normalized spacial score (nSPS) is 10.9. The molecule has 0 fully saturated rings. The minimum Gasteiger partial charge on any atom is -0.495 e. The van der Waals surface area contributed by atoms with Gasteiger partial charge < -0.3 is 14.6 Å². The molecule has 0 aliphatic rings. The minimum atomic E-state index is 0.449. The van der Waals surface area contributed by atoms with E-state index in [4.69, 9.17) is 27.9 Å². The Hall–Kier alpha value is -3.29. The average Bonchev–Trinajstić information content (AvgIpc) is 3.35. The van der Waals surface area contributed by atoms with Crippen molar-refractivity contribution < 1.29 is 4.74 Å². The zero-order valence-electron chi connectivity index (χ0n) is 17.2. The van der Waals surface area contributed by atoms with Crippen LogP contribution in [-0.4, -0.2) is 31.4 Å². The summed E-state index contributed by atoms with van der Waals surface area (Å²) in [5.41, 5.74) is 3.76. The van der Waals surface area contributed by atoms with E-state index in [0.717, 1.165) is 22.8 Å². The Morgan fingerprint density at radius 3 is 2.61 bits per heavy atom. The number of aromatic nitrogens is 5. The number of benzene rings is 2. The van der Waals surface area contributed by atoms with Gasteiger partial charge in [-0.15, -0.1) is 5.10 Å². The molecular formula is C22H20Cl2N6O. The maximum atomic E-state index is 6.32. The molecule has 4 aromatic rings. The lowest BCUT2D eigenvalue weighted by molar-refractivity contribution is 0.413. The average molecular weight is 455 g/mol. The first kappa shape index (κ1) is 21.0. The highest BCUT2D eigenvalue weighted by Gasteiger charge is 2.15. The van der Waals surface area contributed by atoms with E-state index in [1.165, 1.54) is 0 Å². The van der Waals surface area contributed by atoms with Crippen molar-refractivity contribution in [3.8, 4) is 17.1 Å². The summed E-state index contributed by atoms with van der Waals surface area (Å²) in [6.07, 6.45) is 3.67. The van der Waals surface area contributed by atoms with Crippen molar-refractivity contribution >= 4 is 34.6 Å². The third kappa shape index (κ3) is 4.28. The second kappa shape index (κ2) is 8.45. The molecule has 0 bridgehead atoms. The molecule has 0 saturated carbocycles. The quantitative estimate of drug-likeness (QED) is 0.418. The summed E-state index contributed by atoms with van der Waals surface area (Å²) in [6.45, 7) is 7.87. The first-order chi connectivity index (χ1) is 14.9. The molecule has 0 unspecified atom stereocenters. The molecule has 4 rings (SSSR count). The maximum Gasteiger partial charge on any atom is 0.197 e. The van der Waals surface area contributed by atoms with E-state index in [1.807, 2.05) is 42.8 Å². The highest BCUT2D eigenvalue weighted by atomic mass is 35.5. The molecule has 0 spiro atoms. The predicted molar refractivity (Wildman–Crippen MR) is 124 cm³/mol. The van der Waals surface area contributed by atoms with Crippen LogP contribution in [0.2, 0.25) is 10.0 Å². The van der Waals surface area contributed by atoms with Crippen LogP contribution in [0.5, 0.6) is 5.75 Å². The van der Waals surface area contributed by atoms with E-state index in [-0.39, 0.29) is 0 Å². The largest absolute Gasteiger partial charge is 0.495 e. The molecule has 0 amide bonds. The first-order valence-corrected chi connectivity index (χ1v) is 10.2. The predicted octanol–water partition coefficient (Wildman–Crippen LogP) is 5.47. The summed E-state index contributed by atoms with van der Waals surface area (Å²) >= 11 is 12.4. The SMILES string of the molecule is C=C(Nc1ccc(OC)c(-n2cnc(C)c2)c1)c1nc(C)n(-c2cc(Cl)ccc2Cl)n1. The lowest BCUT2D eigenvalue weighted by Crippen LogP contribution is -2.03. The zero-order chi connectivity index (χ0) is 22.1. The van der Waals surface area contributed by atoms with Crippen LogP contribution in [0, 0.1) is 13.8 Å². The summed E-state index contributed by atoms with van der Waals surface area (Å²) < 4.78 is 9.04. The van der Waals surface area contributed by atoms with Gasteiger partial charge in [-0.3, -0.25) is 0 Å². The molecule has 1 N–H and O–H groups in total. The summed E-state index contributed by atoms with van der Waals surface area (Å²) in [5, 5.41) is 8.91. The lowest BCUT2D eigenvalue weighted by atomic mass is 10.2. The zero-order valence-corrected chi connectivity index (χ0v) is 18.7. The Balaban J connectivity index is 1.63. The monoisotopic (exact) mass is 454 g/mol. The van der Waals surface area contributed by atoms with Gasteiger partial charge in [-0.25, -0.2) is 14.6 Å². The van der Waals surface area contributed by atoms with Crippen molar-refractivity contribution in [2.45, 2.75) is 13.8 Å². The highest BCUT2D eigenvalue weighted by molar-refractivity contribution is 6.34. The molecule has 7 nitrogen and oxygen atoms in total. The van der Waals surface area contributed by atoms with Gasteiger partial charge in [0.2, 0.25) is 0 Å². The lowest BCUT2D eigenvalue weighted by Gasteiger charge is -2.13. The van der Waals surface area contributed by atoms with Crippen molar-refractivity contribution in [1.29, 1.82) is 0 Å². The molecule has 0 atom stereocenters. The standard InChI is InChI=1S/C22H20Cl2N6O/c1-13-11-29(12-25-13)20-10-17(6-8-21(20)31-4)26-14(2)22-27-15(3)30(28-22)19-9-16(23)5-7-18(19)24/h5-12,26H,2H2,1,3-4H3. The second-order valence-corrected chi connectivity index (χ2v) is 7.75. The third-order valence-electron chi connectivity index (χ3n) is 4.64. The van der Waals surface area contributed by atoms with Gasteiger partial charge in [-0.05, 0) is 50.2 Å². The van der Waals surface area contributed by atoms with Gasteiger partial charge in [0.25, 0.3) is 0 Å². The van der Waals surface area contributed by atoms with Gasteiger partial charge in [-0.1, -0.05) is 29.8 Å². The van der Waals surface area contributed by atoms with E-state index in [0.29, 0.717) is 33.1 Å². The van der Waals surface area contributed by atoms with Gasteiger partial charge in [-0.2, -0.15) is 0 Å². The van der Waals surface area contributed by atoms with Crippen LogP contribution in [-0.2, 0) is 0 Å². The van der Waals surface area contributed by atoms with Crippen LogP contribution in [0.25, 0.3) is 17.1 Å². The number of anilines is 1. The summed E-state index contributed by atoms with van der Waals surface area (Å²) in [7, 11) is 1.63. The summed E-state index contributed by atoms with van der Waals surface area (Å²) in [5.74, 6) is 1.83. The maximum absolute atomic E-state index is 6.32. The van der Waals surface area contributed by atoms with Crippen LogP contribution >= 0.6 is 23.2 Å². The summed E-state index contributed by atoms with van der Waals surface area (Å²) in [6, 6.07) is 10.9. The van der Waals surface area contributed by atoms with Gasteiger partial charge in [0.05, 0.1) is 41.2 Å². The molecule has 0 radical (unpaired) electrons. The second-order valence-electron chi connectivity index (χ2n) is 6.90. The summed E-state index contributed by atoms with van der Waals surface area (Å²) in [4.78, 5) is 8.81. The molecule has 0 aliphatic heterocycles. The number of rotatable bonds is 6. The molecule has 31 heavy (non-hydrogen) atoms. The molecule has 158 valence electrons. The number of methoxy groups -OCH3 is 1. The van der Waals surface area contributed by atoms with E-state index in [1.54, 1.807) is 36.3 Å². The van der Waals surface area contributed by atoms with Gasteiger partial charge in [0.15, 0.2) is 5.82 Å². The van der Waals surface area contributed by atoms with Crippen molar-refractivity contribution in [2.75, 3.05) is 12.4 Å². The Labute approximate surface area is 189 Å². The van der Waals surface area contributed by atoms with Crippen molar-refractivity contribution in [1.82, 2.24) is 24.3 Å². The van der Waals surface area contributed by atoms with Crippen molar-refractivity contribution in [3.63, 3.8) is 0 Å². The fraction of sp³-hybridized carbons (Fsp3) is 0.136. The minimum absolute atomic E-state index is 0.449. The van der Waals surface area contributed by atoms with Crippen molar-refractivity contribution in [3.05, 3.63) is 82.9 Å². The molecular weight excluding hydrogens is 435 g/mol. The number of aryl methyl sites for hydroxylation is 2. The first-order valence-electron chi connectivity index (χ1n) is 9.40. The number of halogens is 2. The molecule has 2 aromatic carbocycles. The number of ether oxygens (including phenoxy) is 1. The van der Waals surface area contributed by atoms with Gasteiger partial charge >= 0.3 is 0 Å². The van der Waals surface area contributed by atoms with Crippen LogP contribution in [0.1, 0.15) is 17.3 Å². The number of hydrogen-bond acceptors (Lipinski definition) is 5. The van der Waals surface area contributed by atoms with Crippen molar-refractivity contribution in [2.24, 2.45) is 0 Å². The van der Waals surface area contributed by atoms with Crippen LogP contribution in [0.4, 0.5) is 5.69 Å². The van der Waals surface area contributed by atoms with Gasteiger partial charge in [0.1, 0.15) is 11.6 Å². The molecule has 2 heterocycles. The van der Waals surface area contributed by atoms with Crippen LogP contribution in [0.15, 0.2) is 55.5 Å². The van der Waals surface area contributed by atoms with Crippen LogP contribution in [0.3, 0.4) is 0 Å². The number of hydrogen-bond donors (Lipinski definition) is 1. The highest BCUT2D eigenvalue weighted by Crippen LogP contribution is 2.29. The molecule has 9 heteroatoms. The Bertz CT molecular complexity index is 1280. The molecule has 0 aliphatic carbocycles. The Kier molecular flexibility index (Phi) is 5.71. The Morgan fingerprint density at radius 1 is 1.10 bits per heavy atom. The number of nitrogens with zero attached hydrogens (tertiary/aromatic N) is 5. The third-order valence-corrected chi connectivity index (χ3v) is 5.19. The topological polar surface area (TPSA) is 69.8 Å². The fourth-order valence-electron chi connectivity index (χ4n) is 3.15. The van der Waals surface area contributed by atoms with E-state index >= 15 is 0 Å².